The Morgan fingerprint density at radius 1 is 1.44 bits per heavy atom. The minimum atomic E-state index is -0.540. The van der Waals surface area contributed by atoms with Crippen LogP contribution in [0, 0.1) is 0 Å². The van der Waals surface area contributed by atoms with E-state index in [0.717, 1.165) is 38.2 Å². The van der Waals surface area contributed by atoms with E-state index >= 15 is 0 Å². The highest BCUT2D eigenvalue weighted by molar-refractivity contribution is 5.62. The van der Waals surface area contributed by atoms with Gasteiger partial charge in [-0.15, -0.1) is 0 Å². The molecule has 90 valence electrons. The highest BCUT2D eigenvalue weighted by Gasteiger charge is 2.26. The zero-order valence-corrected chi connectivity index (χ0v) is 9.98. The van der Waals surface area contributed by atoms with E-state index in [1.54, 1.807) is 10.9 Å². The number of nitrogens with zero attached hydrogens (tertiary/aromatic N) is 3. The fraction of sp³-hybridized carbons (Fsp3) is 0.727. The topological polar surface area (TPSA) is 67.3 Å². The first-order valence-corrected chi connectivity index (χ1v) is 5.74. The molecule has 0 saturated carbocycles. The van der Waals surface area contributed by atoms with Crippen LogP contribution in [-0.2, 0) is 7.05 Å². The number of nitrogens with two attached hydrogens (primary N) is 1. The third kappa shape index (κ3) is 2.14. The Morgan fingerprint density at radius 2 is 2.19 bits per heavy atom. The van der Waals surface area contributed by atoms with Gasteiger partial charge in [0.1, 0.15) is 5.82 Å². The van der Waals surface area contributed by atoms with Crippen LogP contribution in [-0.4, -0.2) is 33.6 Å². The Hall–Kier alpha value is -1.23. The van der Waals surface area contributed by atoms with Crippen molar-refractivity contribution < 1.29 is 5.11 Å². The first kappa shape index (κ1) is 11.3. The number of hydrogen-bond acceptors (Lipinski definition) is 4. The van der Waals surface area contributed by atoms with Crippen LogP contribution in [0.25, 0.3) is 0 Å². The van der Waals surface area contributed by atoms with Crippen molar-refractivity contribution in [2.75, 3.05) is 23.7 Å². The zero-order chi connectivity index (χ0) is 11.8. The second-order valence-corrected chi connectivity index (χ2v) is 4.88. The first-order valence-electron chi connectivity index (χ1n) is 5.74. The van der Waals surface area contributed by atoms with Gasteiger partial charge in [0.25, 0.3) is 0 Å². The van der Waals surface area contributed by atoms with Gasteiger partial charge in [-0.2, -0.15) is 5.10 Å². The molecular weight excluding hydrogens is 204 g/mol. The minimum absolute atomic E-state index is 0.540. The summed E-state index contributed by atoms with van der Waals surface area (Å²) in [6.45, 7) is 3.67. The van der Waals surface area contributed by atoms with Crippen LogP contribution in [0.5, 0.6) is 0 Å². The van der Waals surface area contributed by atoms with Gasteiger partial charge in [0.2, 0.25) is 0 Å². The number of aliphatic hydroxyl groups is 1. The zero-order valence-electron chi connectivity index (χ0n) is 9.98. The summed E-state index contributed by atoms with van der Waals surface area (Å²) in [4.78, 5) is 2.21. The van der Waals surface area contributed by atoms with E-state index in [9.17, 15) is 5.11 Å². The molecule has 1 aliphatic rings. The third-order valence-electron chi connectivity index (χ3n) is 3.30. The summed E-state index contributed by atoms with van der Waals surface area (Å²) < 4.78 is 1.80. The van der Waals surface area contributed by atoms with Crippen LogP contribution in [0.3, 0.4) is 0 Å². The standard InChI is InChI=1S/C11H20N4O/c1-11(16)4-3-6-15(7-5-11)10-9(12)8-13-14(10)2/h8,16H,3-7,12H2,1-2H3. The SMILES string of the molecule is Cn1ncc(N)c1N1CCCC(C)(O)CC1. The second-order valence-electron chi connectivity index (χ2n) is 4.88. The summed E-state index contributed by atoms with van der Waals surface area (Å²) >= 11 is 0. The van der Waals surface area contributed by atoms with Gasteiger partial charge in [-0.1, -0.05) is 0 Å². The van der Waals surface area contributed by atoms with Gasteiger partial charge in [-0.25, -0.2) is 0 Å². The molecule has 1 aromatic heterocycles. The van der Waals surface area contributed by atoms with Crippen molar-refractivity contribution in [1.82, 2.24) is 9.78 Å². The molecule has 5 heteroatoms. The predicted molar refractivity (Wildman–Crippen MR) is 64.3 cm³/mol. The van der Waals surface area contributed by atoms with Crippen molar-refractivity contribution in [2.45, 2.75) is 31.8 Å². The largest absolute Gasteiger partial charge is 0.394 e. The molecule has 0 aliphatic carbocycles. The molecule has 1 atom stereocenters. The molecule has 1 aliphatic heterocycles. The van der Waals surface area contributed by atoms with E-state index in [-0.39, 0.29) is 0 Å². The summed E-state index contributed by atoms with van der Waals surface area (Å²) in [7, 11) is 1.90. The van der Waals surface area contributed by atoms with Crippen LogP contribution < -0.4 is 10.6 Å². The number of nitrogen functional groups attached to an aromatic ring is 1. The molecule has 0 radical (unpaired) electrons. The fourth-order valence-electron chi connectivity index (χ4n) is 2.31. The van der Waals surface area contributed by atoms with Crippen molar-refractivity contribution in [3.63, 3.8) is 0 Å². The molecule has 1 unspecified atom stereocenters. The Morgan fingerprint density at radius 3 is 2.81 bits per heavy atom. The number of aromatic nitrogens is 2. The van der Waals surface area contributed by atoms with E-state index in [1.165, 1.54) is 0 Å². The van der Waals surface area contributed by atoms with Gasteiger partial charge in [0.15, 0.2) is 0 Å². The molecule has 3 N–H and O–H groups in total. The maximum absolute atomic E-state index is 10.0. The monoisotopic (exact) mass is 224 g/mol. The average Bonchev–Trinajstić information content (AvgIpc) is 2.43. The lowest BCUT2D eigenvalue weighted by Gasteiger charge is -2.24. The van der Waals surface area contributed by atoms with Crippen LogP contribution in [0.4, 0.5) is 11.5 Å². The lowest BCUT2D eigenvalue weighted by atomic mass is 9.98. The highest BCUT2D eigenvalue weighted by Crippen LogP contribution is 2.28. The molecular formula is C11H20N4O. The first-order chi connectivity index (χ1) is 7.49. The Kier molecular flexibility index (Phi) is 2.80. The molecule has 2 rings (SSSR count). The molecule has 1 saturated heterocycles. The number of aryl methyl sites for hydroxylation is 1. The Bertz CT molecular complexity index is 353. The maximum Gasteiger partial charge on any atom is 0.150 e. The van der Waals surface area contributed by atoms with Gasteiger partial charge in [-0.05, 0) is 26.2 Å². The molecule has 1 fully saturated rings. The highest BCUT2D eigenvalue weighted by atomic mass is 16.3. The number of rotatable bonds is 1. The summed E-state index contributed by atoms with van der Waals surface area (Å²) in [6, 6.07) is 0. The van der Waals surface area contributed by atoms with E-state index in [0.29, 0.717) is 5.69 Å². The normalized spacial score (nSPS) is 26.8. The van der Waals surface area contributed by atoms with E-state index < -0.39 is 5.60 Å². The van der Waals surface area contributed by atoms with Gasteiger partial charge in [0, 0.05) is 20.1 Å². The molecule has 0 aromatic carbocycles. The molecule has 16 heavy (non-hydrogen) atoms. The van der Waals surface area contributed by atoms with Gasteiger partial charge in [-0.3, -0.25) is 4.68 Å². The summed E-state index contributed by atoms with van der Waals surface area (Å²) in [5.41, 5.74) is 6.08. The molecule has 0 bridgehead atoms. The predicted octanol–water partition coefficient (Wildman–Crippen LogP) is 0.744. The third-order valence-corrected chi connectivity index (χ3v) is 3.30. The minimum Gasteiger partial charge on any atom is -0.394 e. The smallest absolute Gasteiger partial charge is 0.150 e. The van der Waals surface area contributed by atoms with Gasteiger partial charge in [0.05, 0.1) is 17.5 Å². The quantitative estimate of drug-likeness (QED) is 0.738. The fourth-order valence-corrected chi connectivity index (χ4v) is 2.31. The Labute approximate surface area is 95.8 Å². The average molecular weight is 224 g/mol. The lowest BCUT2D eigenvalue weighted by molar-refractivity contribution is 0.0481. The lowest BCUT2D eigenvalue weighted by Crippen LogP contribution is -2.29. The van der Waals surface area contributed by atoms with Crippen molar-refractivity contribution in [3.8, 4) is 0 Å². The van der Waals surface area contributed by atoms with Crippen molar-refractivity contribution in [2.24, 2.45) is 7.05 Å². The van der Waals surface area contributed by atoms with E-state index in [1.807, 2.05) is 14.0 Å². The van der Waals surface area contributed by atoms with Crippen LogP contribution in [0.1, 0.15) is 26.2 Å². The van der Waals surface area contributed by atoms with Crippen molar-refractivity contribution >= 4 is 11.5 Å². The molecule has 0 spiro atoms. The van der Waals surface area contributed by atoms with Gasteiger partial charge < -0.3 is 15.7 Å². The van der Waals surface area contributed by atoms with E-state index in [2.05, 4.69) is 10.00 Å². The molecule has 0 amide bonds. The maximum atomic E-state index is 10.0. The van der Waals surface area contributed by atoms with Crippen LogP contribution >= 0.6 is 0 Å². The molecule has 5 nitrogen and oxygen atoms in total. The molecule has 1 aromatic rings. The van der Waals surface area contributed by atoms with Crippen molar-refractivity contribution in [1.29, 1.82) is 0 Å². The second kappa shape index (κ2) is 3.97. The van der Waals surface area contributed by atoms with Crippen LogP contribution in [0.15, 0.2) is 6.20 Å². The summed E-state index contributed by atoms with van der Waals surface area (Å²) in [6.07, 6.45) is 4.29. The number of hydrogen-bond donors (Lipinski definition) is 2. The summed E-state index contributed by atoms with van der Waals surface area (Å²) in [5.74, 6) is 0.970. The van der Waals surface area contributed by atoms with Gasteiger partial charge >= 0.3 is 0 Å². The van der Waals surface area contributed by atoms with Crippen LogP contribution in [0.2, 0.25) is 0 Å². The van der Waals surface area contributed by atoms with E-state index in [4.69, 9.17) is 5.73 Å². The number of anilines is 2. The Balaban J connectivity index is 2.17. The summed E-state index contributed by atoms with van der Waals surface area (Å²) in [5, 5.41) is 14.2. The van der Waals surface area contributed by atoms with Crippen molar-refractivity contribution in [3.05, 3.63) is 6.20 Å². The molecule has 2 heterocycles.